The number of nitrogen functional groups attached to an aromatic ring is 1. The van der Waals surface area contributed by atoms with Crippen molar-refractivity contribution < 1.29 is 4.74 Å². The molecule has 10 nitrogen and oxygen atoms in total. The Bertz CT molecular complexity index is 1520. The van der Waals surface area contributed by atoms with Crippen molar-refractivity contribution in [2.45, 2.75) is 26.5 Å². The molecule has 33 heavy (non-hydrogen) atoms. The van der Waals surface area contributed by atoms with Gasteiger partial charge in [-0.3, -0.25) is 9.25 Å². The normalized spacial score (nSPS) is 14.7. The number of anilines is 1. The lowest BCUT2D eigenvalue weighted by atomic mass is 9.98. The van der Waals surface area contributed by atoms with Gasteiger partial charge in [0.05, 0.1) is 35.4 Å². The summed E-state index contributed by atoms with van der Waals surface area (Å²) in [6.45, 7) is 4.06. The Morgan fingerprint density at radius 3 is 2.85 bits per heavy atom. The van der Waals surface area contributed by atoms with Gasteiger partial charge in [-0.05, 0) is 13.8 Å². The summed E-state index contributed by atoms with van der Waals surface area (Å²) in [6, 6.07) is 8.18. The molecule has 0 amide bonds. The molecule has 0 aliphatic carbocycles. The van der Waals surface area contributed by atoms with Gasteiger partial charge in [0.15, 0.2) is 5.82 Å². The maximum Gasteiger partial charge on any atom is 0.328 e. The van der Waals surface area contributed by atoms with E-state index in [1.165, 1.54) is 15.4 Å². The maximum absolute atomic E-state index is 13.1. The third-order valence-corrected chi connectivity index (χ3v) is 5.91. The van der Waals surface area contributed by atoms with Crippen molar-refractivity contribution >= 4 is 5.82 Å². The fourth-order valence-corrected chi connectivity index (χ4v) is 4.28. The number of nitrogens with two attached hydrogens (primary N) is 1. The van der Waals surface area contributed by atoms with E-state index in [4.69, 9.17) is 10.5 Å². The summed E-state index contributed by atoms with van der Waals surface area (Å²) in [6.07, 6.45) is 2.86. The lowest BCUT2D eigenvalue weighted by molar-refractivity contribution is 0.219. The molecule has 0 saturated carbocycles. The highest BCUT2D eigenvalue weighted by molar-refractivity contribution is 5.70. The summed E-state index contributed by atoms with van der Waals surface area (Å²) in [7, 11) is 3.39. The van der Waals surface area contributed by atoms with E-state index >= 15 is 0 Å². The van der Waals surface area contributed by atoms with E-state index in [-0.39, 0.29) is 23.9 Å². The van der Waals surface area contributed by atoms with Gasteiger partial charge in [0.2, 0.25) is 0 Å². The Kier molecular flexibility index (Phi) is 4.56. The van der Waals surface area contributed by atoms with Crippen LogP contribution >= 0.6 is 0 Å². The molecular weight excluding hydrogens is 420 g/mol. The van der Waals surface area contributed by atoms with Gasteiger partial charge >= 0.3 is 5.69 Å². The first kappa shape index (κ1) is 20.5. The number of fused-ring (bicyclic) bond motifs is 7. The van der Waals surface area contributed by atoms with Crippen LogP contribution in [-0.2, 0) is 20.6 Å². The first-order chi connectivity index (χ1) is 15.8. The van der Waals surface area contributed by atoms with Crippen molar-refractivity contribution in [3.05, 3.63) is 63.6 Å². The predicted molar refractivity (Wildman–Crippen MR) is 121 cm³/mol. The maximum atomic E-state index is 13.1. The Labute approximate surface area is 189 Å². The predicted octanol–water partition coefficient (Wildman–Crippen LogP) is 2.31. The number of nitrogens with zero attached hydrogens (tertiary/aromatic N) is 7. The first-order valence-corrected chi connectivity index (χ1v) is 10.4. The Morgan fingerprint density at radius 1 is 1.30 bits per heavy atom. The zero-order chi connectivity index (χ0) is 23.4. The second-order valence-corrected chi connectivity index (χ2v) is 8.20. The number of benzene rings is 1. The van der Waals surface area contributed by atoms with E-state index < -0.39 is 6.10 Å². The van der Waals surface area contributed by atoms with Gasteiger partial charge in [0.1, 0.15) is 17.9 Å². The van der Waals surface area contributed by atoms with Crippen LogP contribution in [-0.4, -0.2) is 28.9 Å². The van der Waals surface area contributed by atoms with E-state index in [2.05, 4.69) is 21.1 Å². The number of ether oxygens (including phenoxy) is 1. The first-order valence-electron chi connectivity index (χ1n) is 10.4. The van der Waals surface area contributed by atoms with Crippen LogP contribution in [0.3, 0.4) is 0 Å². The summed E-state index contributed by atoms with van der Waals surface area (Å²) < 4.78 is 10.9. The van der Waals surface area contributed by atoms with Crippen molar-refractivity contribution in [1.29, 1.82) is 5.26 Å². The molecule has 1 atom stereocenters. The highest BCUT2D eigenvalue weighted by Crippen LogP contribution is 2.35. The molecule has 166 valence electrons. The summed E-state index contributed by atoms with van der Waals surface area (Å²) >= 11 is 0. The molecule has 0 spiro atoms. The number of hydrogen-bond acceptors (Lipinski definition) is 7. The number of rotatable bonds is 0. The Balaban J connectivity index is 1.88. The molecule has 3 aromatic heterocycles. The van der Waals surface area contributed by atoms with Crippen LogP contribution < -0.4 is 16.2 Å². The number of aromatic nitrogens is 6. The quantitative estimate of drug-likeness (QED) is 0.442. The van der Waals surface area contributed by atoms with Crippen LogP contribution in [0.4, 0.5) is 5.82 Å². The molecule has 4 aromatic rings. The van der Waals surface area contributed by atoms with Gasteiger partial charge < -0.3 is 15.0 Å². The average molecular weight is 442 g/mol. The van der Waals surface area contributed by atoms with Crippen LogP contribution in [0.25, 0.3) is 22.5 Å². The monoisotopic (exact) mass is 442 g/mol. The standard InChI is InChI=1S/C23H22N8O2/c1-12-5-6-14-15(7-12)13(2)33-22-21(25)26-9-16(27-22)20-17(28-30(4)18(20)8-24)10-31-19(14)11-29(3)23(31)32/h5-7,9,11,13H,10H2,1-4H3,(H2,25,26)/t13-/m1/s1. The molecule has 1 aliphatic rings. The number of aryl methyl sites for hydroxylation is 3. The molecule has 0 fully saturated rings. The topological polar surface area (TPSA) is 130 Å². The van der Waals surface area contributed by atoms with E-state index in [9.17, 15) is 10.1 Å². The van der Waals surface area contributed by atoms with Gasteiger partial charge in [-0.15, -0.1) is 0 Å². The van der Waals surface area contributed by atoms with Crippen molar-refractivity contribution in [3.63, 3.8) is 0 Å². The molecule has 1 aromatic carbocycles. The molecule has 2 N–H and O–H groups in total. The zero-order valence-electron chi connectivity index (χ0n) is 18.7. The highest BCUT2D eigenvalue weighted by atomic mass is 16.5. The fourth-order valence-electron chi connectivity index (χ4n) is 4.28. The summed E-state index contributed by atoms with van der Waals surface area (Å²) in [5.41, 5.74) is 11.2. The van der Waals surface area contributed by atoms with Crippen LogP contribution in [0.2, 0.25) is 0 Å². The number of hydrogen-bond donors (Lipinski definition) is 1. The summed E-state index contributed by atoms with van der Waals surface area (Å²) in [5, 5.41) is 14.3. The molecular formula is C23H22N8O2. The Hall–Kier alpha value is -4.39. The minimum atomic E-state index is -0.432. The fraction of sp³-hybridized carbons (Fsp3) is 0.261. The highest BCUT2D eigenvalue weighted by Gasteiger charge is 2.26. The third kappa shape index (κ3) is 3.17. The SMILES string of the molecule is Cc1ccc2c(c1)[C@@H](C)Oc1nc(cnc1N)-c1c(nn(C)c1C#N)Cn1c-2cn(C)c1=O. The second-order valence-electron chi connectivity index (χ2n) is 8.20. The van der Waals surface area contributed by atoms with Crippen LogP contribution in [0, 0.1) is 18.3 Å². The number of imidazole rings is 1. The minimum absolute atomic E-state index is 0.150. The van der Waals surface area contributed by atoms with E-state index in [0.29, 0.717) is 22.6 Å². The van der Waals surface area contributed by atoms with Gasteiger partial charge in [0, 0.05) is 31.4 Å². The van der Waals surface area contributed by atoms with Gasteiger partial charge in [0.25, 0.3) is 5.88 Å². The van der Waals surface area contributed by atoms with Crippen LogP contribution in [0.15, 0.2) is 35.4 Å². The zero-order valence-corrected chi connectivity index (χ0v) is 18.7. The molecule has 5 rings (SSSR count). The molecule has 0 saturated heterocycles. The van der Waals surface area contributed by atoms with E-state index in [1.807, 2.05) is 32.0 Å². The average Bonchev–Trinajstić information content (AvgIpc) is 3.25. The molecule has 1 aliphatic heterocycles. The smallest absolute Gasteiger partial charge is 0.328 e. The molecule has 4 heterocycles. The van der Waals surface area contributed by atoms with E-state index in [0.717, 1.165) is 22.4 Å². The van der Waals surface area contributed by atoms with Gasteiger partial charge in [-0.25, -0.2) is 14.8 Å². The second kappa shape index (κ2) is 7.34. The molecule has 0 unspecified atom stereocenters. The number of nitriles is 1. The van der Waals surface area contributed by atoms with Crippen LogP contribution in [0.1, 0.15) is 35.5 Å². The van der Waals surface area contributed by atoms with Crippen molar-refractivity contribution in [2.24, 2.45) is 14.1 Å². The van der Waals surface area contributed by atoms with Gasteiger partial charge in [-0.2, -0.15) is 10.4 Å². The summed E-state index contributed by atoms with van der Waals surface area (Å²) in [4.78, 5) is 22.0. The molecule has 2 bridgehead atoms. The third-order valence-electron chi connectivity index (χ3n) is 5.91. The Morgan fingerprint density at radius 2 is 2.09 bits per heavy atom. The van der Waals surface area contributed by atoms with Crippen molar-refractivity contribution in [2.75, 3.05) is 5.73 Å². The largest absolute Gasteiger partial charge is 0.467 e. The molecule has 0 radical (unpaired) electrons. The van der Waals surface area contributed by atoms with Gasteiger partial charge in [-0.1, -0.05) is 23.8 Å². The van der Waals surface area contributed by atoms with Crippen LogP contribution in [0.5, 0.6) is 5.88 Å². The van der Waals surface area contributed by atoms with Crippen molar-refractivity contribution in [3.8, 4) is 34.5 Å². The minimum Gasteiger partial charge on any atom is -0.467 e. The lowest BCUT2D eigenvalue weighted by Gasteiger charge is -2.21. The van der Waals surface area contributed by atoms with Crippen molar-refractivity contribution in [1.82, 2.24) is 28.9 Å². The van der Waals surface area contributed by atoms with E-state index in [1.54, 1.807) is 24.9 Å². The molecule has 10 heteroatoms. The summed E-state index contributed by atoms with van der Waals surface area (Å²) in [5.74, 6) is 0.328. The lowest BCUT2D eigenvalue weighted by Crippen LogP contribution is -2.24.